The highest BCUT2D eigenvalue weighted by molar-refractivity contribution is 7.13. The highest BCUT2D eigenvalue weighted by atomic mass is 35.5. The number of aliphatic hydroxyl groups excluding tert-OH is 2. The van der Waals surface area contributed by atoms with E-state index in [-0.39, 0.29) is 43.6 Å². The number of amides is 1. The first-order valence-electron chi connectivity index (χ1n) is 16.1. The van der Waals surface area contributed by atoms with Crippen LogP contribution in [0.3, 0.4) is 0 Å². The number of hydrogen-bond donors (Lipinski definition) is 3. The van der Waals surface area contributed by atoms with Gasteiger partial charge in [0.2, 0.25) is 0 Å². The monoisotopic (exact) mass is 710 g/mol. The highest BCUT2D eigenvalue weighted by Crippen LogP contribution is 2.26. The second-order valence-electron chi connectivity index (χ2n) is 11.9. The quantitative estimate of drug-likeness (QED) is 0.0876. The first-order chi connectivity index (χ1) is 22.5. The zero-order valence-corrected chi connectivity index (χ0v) is 31.3. The average molecular weight is 711 g/mol. The molecule has 1 heterocycles. The van der Waals surface area contributed by atoms with E-state index in [1.165, 1.54) is 18.4 Å². The molecule has 3 atom stereocenters. The number of aromatic nitrogens is 1. The third-order valence-electron chi connectivity index (χ3n) is 6.71. The van der Waals surface area contributed by atoms with Crippen molar-refractivity contribution >= 4 is 40.6 Å². The van der Waals surface area contributed by atoms with Gasteiger partial charge in [0.25, 0.3) is 5.91 Å². The van der Waals surface area contributed by atoms with Gasteiger partial charge in [0.05, 0.1) is 13.7 Å². The Kier molecular flexibility index (Phi) is 22.6. The lowest BCUT2D eigenvalue weighted by Crippen LogP contribution is -2.46. The Balaban J connectivity index is 0.00000156. The van der Waals surface area contributed by atoms with Gasteiger partial charge in [-0.3, -0.25) is 14.4 Å². The molecule has 270 valence electrons. The molecule has 0 saturated heterocycles. The van der Waals surface area contributed by atoms with Crippen molar-refractivity contribution in [3.63, 3.8) is 0 Å². The molecule has 12 heteroatoms. The number of aliphatic hydroxyl groups is 2. The van der Waals surface area contributed by atoms with Crippen LogP contribution in [0.5, 0.6) is 0 Å². The Morgan fingerprint density at radius 1 is 1.21 bits per heavy atom. The molecule has 1 aromatic rings. The number of methoxy groups -OCH3 is 1. The Labute approximate surface area is 295 Å². The average Bonchev–Trinajstić information content (AvgIpc) is 3.45. The SMILES string of the molecule is C=C(OC)C(C)O.CC/C=C\[C@@H](C)CO[C@H](CC(=O)c1ncc(CC)s1)C(=O)N(CC(C)(C)CO)C1=CC=C(Cl)CC=C1.CCC(=O)O. The molecule has 10 nitrogen and oxygen atoms in total. The number of hydrogen-bond acceptors (Lipinski definition) is 9. The Hall–Kier alpha value is -3.09. The second kappa shape index (κ2) is 24.1. The van der Waals surface area contributed by atoms with Crippen molar-refractivity contribution < 1.29 is 39.2 Å². The lowest BCUT2D eigenvalue weighted by atomic mass is 9.93. The number of aliphatic carboxylic acids is 1. The summed E-state index contributed by atoms with van der Waals surface area (Å²) in [6, 6.07) is 0. The van der Waals surface area contributed by atoms with E-state index in [4.69, 9.17) is 26.6 Å². The molecular weight excluding hydrogens is 656 g/mol. The molecule has 1 aromatic heterocycles. The normalized spacial score (nSPS) is 14.6. The van der Waals surface area contributed by atoms with Crippen LogP contribution in [0.4, 0.5) is 0 Å². The molecule has 1 unspecified atom stereocenters. The zero-order chi connectivity index (χ0) is 36.9. The Morgan fingerprint density at radius 3 is 2.33 bits per heavy atom. The summed E-state index contributed by atoms with van der Waals surface area (Å²) < 4.78 is 10.7. The van der Waals surface area contributed by atoms with Crippen LogP contribution in [0.25, 0.3) is 0 Å². The van der Waals surface area contributed by atoms with Crippen LogP contribution < -0.4 is 0 Å². The summed E-state index contributed by atoms with van der Waals surface area (Å²) in [5, 5.41) is 27.3. The number of ketones is 1. The van der Waals surface area contributed by atoms with E-state index >= 15 is 0 Å². The predicted molar refractivity (Wildman–Crippen MR) is 193 cm³/mol. The summed E-state index contributed by atoms with van der Waals surface area (Å²) >= 11 is 7.56. The number of halogens is 1. The molecule has 48 heavy (non-hydrogen) atoms. The summed E-state index contributed by atoms with van der Waals surface area (Å²) in [7, 11) is 1.48. The van der Waals surface area contributed by atoms with Gasteiger partial charge in [-0.1, -0.05) is 78.0 Å². The van der Waals surface area contributed by atoms with Gasteiger partial charge in [0, 0.05) is 59.6 Å². The number of aryl methyl sites for hydroxylation is 1. The lowest BCUT2D eigenvalue weighted by Gasteiger charge is -2.34. The molecule has 1 aliphatic carbocycles. The number of carbonyl (C=O) groups excluding carboxylic acids is 2. The van der Waals surface area contributed by atoms with Crippen molar-refractivity contribution in [3.8, 4) is 0 Å². The van der Waals surface area contributed by atoms with E-state index in [0.717, 1.165) is 17.7 Å². The molecule has 0 bridgehead atoms. The van der Waals surface area contributed by atoms with Crippen molar-refractivity contribution in [2.75, 3.05) is 26.9 Å². The smallest absolute Gasteiger partial charge is 0.303 e. The van der Waals surface area contributed by atoms with E-state index in [0.29, 0.717) is 34.5 Å². The van der Waals surface area contributed by atoms with E-state index in [9.17, 15) is 19.5 Å². The van der Waals surface area contributed by atoms with Crippen LogP contribution in [0.2, 0.25) is 0 Å². The third kappa shape index (κ3) is 18.5. The van der Waals surface area contributed by atoms with Crippen LogP contribution in [0.15, 0.2) is 65.7 Å². The maximum atomic E-state index is 14.0. The van der Waals surface area contributed by atoms with Crippen molar-refractivity contribution in [1.82, 2.24) is 9.88 Å². The summed E-state index contributed by atoms with van der Waals surface area (Å²) in [4.78, 5) is 43.4. The highest BCUT2D eigenvalue weighted by Gasteiger charge is 2.33. The number of nitrogens with zero attached hydrogens (tertiary/aromatic N) is 2. The summed E-state index contributed by atoms with van der Waals surface area (Å²) in [5.41, 5.74) is 0.0703. The minimum absolute atomic E-state index is 0.0861. The fraction of sp³-hybridized carbons (Fsp3) is 0.556. The summed E-state index contributed by atoms with van der Waals surface area (Å²) in [6.45, 7) is 16.9. The minimum Gasteiger partial charge on any atom is -0.499 e. The molecule has 0 fully saturated rings. The van der Waals surface area contributed by atoms with Crippen LogP contribution >= 0.6 is 22.9 Å². The summed E-state index contributed by atoms with van der Waals surface area (Å²) in [6.07, 6.45) is 14.0. The van der Waals surface area contributed by atoms with Crippen LogP contribution in [0.1, 0.15) is 88.8 Å². The van der Waals surface area contributed by atoms with Crippen LogP contribution in [-0.4, -0.2) is 81.9 Å². The molecule has 0 aromatic carbocycles. The molecule has 3 N–H and O–H groups in total. The number of allylic oxidation sites excluding steroid dienone is 6. The van der Waals surface area contributed by atoms with Gasteiger partial charge in [0.1, 0.15) is 18.0 Å². The summed E-state index contributed by atoms with van der Waals surface area (Å²) in [5.74, 6) is -0.802. The molecule has 1 aliphatic rings. The number of carboxylic acid groups (broad SMARTS) is 1. The van der Waals surface area contributed by atoms with Gasteiger partial charge >= 0.3 is 5.97 Å². The molecule has 2 rings (SSSR count). The number of rotatable bonds is 17. The number of carboxylic acids is 1. The van der Waals surface area contributed by atoms with Crippen molar-refractivity contribution in [1.29, 1.82) is 0 Å². The third-order valence-corrected chi connectivity index (χ3v) is 8.17. The molecule has 0 radical (unpaired) electrons. The van der Waals surface area contributed by atoms with E-state index < -0.39 is 23.6 Å². The molecule has 1 amide bonds. The van der Waals surface area contributed by atoms with Crippen LogP contribution in [0, 0.1) is 11.3 Å². The van der Waals surface area contributed by atoms with Crippen LogP contribution in [-0.2, 0) is 25.5 Å². The van der Waals surface area contributed by atoms with Crippen molar-refractivity contribution in [3.05, 3.63) is 75.6 Å². The fourth-order valence-corrected chi connectivity index (χ4v) is 4.61. The maximum Gasteiger partial charge on any atom is 0.303 e. The first kappa shape index (κ1) is 44.9. The first-order valence-corrected chi connectivity index (χ1v) is 17.3. The van der Waals surface area contributed by atoms with E-state index in [2.05, 4.69) is 29.3 Å². The molecule has 0 saturated carbocycles. The largest absolute Gasteiger partial charge is 0.499 e. The van der Waals surface area contributed by atoms with Gasteiger partial charge in [-0.15, -0.1) is 11.3 Å². The maximum absolute atomic E-state index is 14.0. The zero-order valence-electron chi connectivity index (χ0n) is 29.7. The van der Waals surface area contributed by atoms with Gasteiger partial charge in [0.15, 0.2) is 10.8 Å². The van der Waals surface area contributed by atoms with Gasteiger partial charge in [-0.2, -0.15) is 0 Å². The lowest BCUT2D eigenvalue weighted by molar-refractivity contribution is -0.143. The number of ether oxygens (including phenoxy) is 2. The molecule has 0 aliphatic heterocycles. The predicted octanol–water partition coefficient (Wildman–Crippen LogP) is 7.09. The minimum atomic E-state index is -0.990. The topological polar surface area (TPSA) is 146 Å². The van der Waals surface area contributed by atoms with Crippen molar-refractivity contribution in [2.45, 2.75) is 92.8 Å². The van der Waals surface area contributed by atoms with E-state index in [1.54, 1.807) is 37.1 Å². The van der Waals surface area contributed by atoms with Crippen molar-refractivity contribution in [2.24, 2.45) is 11.3 Å². The Morgan fingerprint density at radius 2 is 1.85 bits per heavy atom. The molecular formula is C36H55ClN2O8S. The second-order valence-corrected chi connectivity index (χ2v) is 13.5. The fourth-order valence-electron chi connectivity index (χ4n) is 3.66. The van der Waals surface area contributed by atoms with Gasteiger partial charge in [-0.05, 0) is 43.9 Å². The van der Waals surface area contributed by atoms with Gasteiger partial charge < -0.3 is 29.7 Å². The molecule has 0 spiro atoms. The number of thiazole rings is 1. The standard InChI is InChI=1S/C28H39ClN2O4S.C5H10O2.C3H6O2/c1-6-8-10-20(3)17-35-25(15-24(33)26-30-16-23(7-2)36-26)27(34)31(18-28(4,5)19-32)22-12-9-11-21(29)13-14-22;1-4(6)5(2)7-3;1-2-3(4)5/h8-10,12-14,16,20,25,32H,6-7,11,15,17-19H2,1-5H3;4,6H,2H2,1,3H3;2H2,1H3,(H,4,5)/b10-8-;;/t20-,25-;;/m1../s1. The Bertz CT molecular complexity index is 1280. The number of carbonyl (C=O) groups is 3. The number of Topliss-reactive ketones (excluding diaryl/α,β-unsaturated/α-hetero) is 1. The van der Waals surface area contributed by atoms with E-state index in [1.807, 2.05) is 45.9 Å². The van der Waals surface area contributed by atoms with Gasteiger partial charge in [-0.25, -0.2) is 4.98 Å².